The minimum Gasteiger partial charge on any atom is -0.465 e. The minimum atomic E-state index is -4.61. The summed E-state index contributed by atoms with van der Waals surface area (Å²) in [6.07, 6.45) is -3.21. The van der Waals surface area contributed by atoms with Crippen LogP contribution in [0.4, 0.5) is 13.2 Å². The molecule has 22 heavy (non-hydrogen) atoms. The molecule has 0 saturated carbocycles. The Hall–Kier alpha value is -2.12. The molecule has 0 N–H and O–H groups in total. The van der Waals surface area contributed by atoms with Gasteiger partial charge in [-0.3, -0.25) is 14.6 Å². The third kappa shape index (κ3) is 4.71. The van der Waals surface area contributed by atoms with E-state index in [9.17, 15) is 22.8 Å². The van der Waals surface area contributed by atoms with E-state index in [1.807, 2.05) is 0 Å². The molecule has 1 rings (SSSR count). The number of rotatable bonds is 6. The van der Waals surface area contributed by atoms with Crippen LogP contribution in [-0.4, -0.2) is 30.1 Å². The fourth-order valence-electron chi connectivity index (χ4n) is 1.63. The van der Waals surface area contributed by atoms with Gasteiger partial charge in [-0.1, -0.05) is 6.92 Å². The minimum absolute atomic E-state index is 0.0185. The highest BCUT2D eigenvalue weighted by atomic mass is 19.4. The van der Waals surface area contributed by atoms with Gasteiger partial charge in [0.25, 0.3) is 0 Å². The third-order valence-electron chi connectivity index (χ3n) is 2.61. The molecule has 0 aliphatic heterocycles. The first-order chi connectivity index (χ1) is 10.3. The van der Waals surface area contributed by atoms with Crippen LogP contribution in [0.2, 0.25) is 0 Å². The largest absolute Gasteiger partial charge is 0.465 e. The van der Waals surface area contributed by atoms with Gasteiger partial charge in [0, 0.05) is 6.20 Å². The topological polar surface area (TPSA) is 65.5 Å². The Morgan fingerprint density at radius 1 is 1.23 bits per heavy atom. The van der Waals surface area contributed by atoms with E-state index in [-0.39, 0.29) is 18.9 Å². The van der Waals surface area contributed by atoms with E-state index in [4.69, 9.17) is 9.47 Å². The van der Waals surface area contributed by atoms with Crippen molar-refractivity contribution in [2.75, 3.05) is 13.2 Å². The lowest BCUT2D eigenvalue weighted by molar-refractivity contribution is -0.157. The lowest BCUT2D eigenvalue weighted by Crippen LogP contribution is -2.27. The van der Waals surface area contributed by atoms with Gasteiger partial charge in [0.2, 0.25) is 0 Å². The average Bonchev–Trinajstić information content (AvgIpc) is 2.45. The Morgan fingerprint density at radius 2 is 1.86 bits per heavy atom. The zero-order chi connectivity index (χ0) is 16.8. The highest BCUT2D eigenvalue weighted by Crippen LogP contribution is 2.30. The van der Waals surface area contributed by atoms with Gasteiger partial charge >= 0.3 is 18.1 Å². The van der Waals surface area contributed by atoms with E-state index in [0.29, 0.717) is 12.5 Å². The lowest BCUT2D eigenvalue weighted by atomic mass is 10.0. The number of esters is 2. The van der Waals surface area contributed by atoms with Gasteiger partial charge in [-0.2, -0.15) is 13.2 Å². The van der Waals surface area contributed by atoms with Gasteiger partial charge in [-0.05, 0) is 25.5 Å². The molecule has 0 aliphatic carbocycles. The molecule has 0 saturated heterocycles. The van der Waals surface area contributed by atoms with Crippen LogP contribution in [0.15, 0.2) is 18.3 Å². The second-order valence-electron chi connectivity index (χ2n) is 4.32. The Labute approximate surface area is 125 Å². The molecule has 0 amide bonds. The molecule has 1 aromatic rings. The maximum absolute atomic E-state index is 12.7. The normalized spacial score (nSPS) is 12.6. The summed E-state index contributed by atoms with van der Waals surface area (Å²) in [7, 11) is 0. The number of halogens is 3. The zero-order valence-corrected chi connectivity index (χ0v) is 12.1. The highest BCUT2D eigenvalue weighted by molar-refractivity contribution is 6.00. The maximum Gasteiger partial charge on any atom is 0.416 e. The van der Waals surface area contributed by atoms with Crippen molar-refractivity contribution >= 4 is 11.9 Å². The van der Waals surface area contributed by atoms with Crippen molar-refractivity contribution in [3.63, 3.8) is 0 Å². The standard InChI is InChI=1S/C14H16F3NO4/c1-3-7-22-13(20)11(12(19)21-4-2)10-8-9(5-6-18-10)14(15,16)17/h5-6,8,11H,3-4,7H2,1-2H3. The summed E-state index contributed by atoms with van der Waals surface area (Å²) in [5.74, 6) is -3.60. The molecule has 122 valence electrons. The second-order valence-corrected chi connectivity index (χ2v) is 4.32. The summed E-state index contributed by atoms with van der Waals surface area (Å²) in [5.41, 5.74) is -1.36. The number of pyridine rings is 1. The van der Waals surface area contributed by atoms with Crippen LogP contribution in [0.1, 0.15) is 37.4 Å². The maximum atomic E-state index is 12.7. The van der Waals surface area contributed by atoms with Gasteiger partial charge in [-0.25, -0.2) is 0 Å². The number of ether oxygens (including phenoxy) is 2. The number of carbonyl (C=O) groups excluding carboxylic acids is 2. The number of alkyl halides is 3. The number of hydrogen-bond acceptors (Lipinski definition) is 5. The van der Waals surface area contributed by atoms with Gasteiger partial charge < -0.3 is 9.47 Å². The predicted molar refractivity (Wildman–Crippen MR) is 69.9 cm³/mol. The number of aromatic nitrogens is 1. The smallest absolute Gasteiger partial charge is 0.416 e. The number of hydrogen-bond donors (Lipinski definition) is 0. The summed E-state index contributed by atoms with van der Waals surface area (Å²) >= 11 is 0. The molecule has 0 radical (unpaired) electrons. The summed E-state index contributed by atoms with van der Waals surface area (Å²) in [4.78, 5) is 27.5. The summed E-state index contributed by atoms with van der Waals surface area (Å²) in [6, 6.07) is 1.40. The van der Waals surface area contributed by atoms with Crippen LogP contribution in [0.25, 0.3) is 0 Å². The molecular weight excluding hydrogens is 303 g/mol. The first kappa shape index (κ1) is 17.9. The van der Waals surface area contributed by atoms with Crippen molar-refractivity contribution in [2.45, 2.75) is 32.4 Å². The quantitative estimate of drug-likeness (QED) is 0.596. The zero-order valence-electron chi connectivity index (χ0n) is 12.1. The Bertz CT molecular complexity index is 531. The van der Waals surface area contributed by atoms with E-state index in [0.717, 1.165) is 12.3 Å². The third-order valence-corrected chi connectivity index (χ3v) is 2.61. The molecule has 0 bridgehead atoms. The van der Waals surface area contributed by atoms with Crippen LogP contribution in [0.3, 0.4) is 0 Å². The van der Waals surface area contributed by atoms with Crippen LogP contribution in [0, 0.1) is 0 Å². The summed E-state index contributed by atoms with van der Waals surface area (Å²) in [5, 5.41) is 0. The average molecular weight is 319 g/mol. The highest BCUT2D eigenvalue weighted by Gasteiger charge is 2.36. The van der Waals surface area contributed by atoms with Gasteiger partial charge in [0.15, 0.2) is 5.92 Å². The van der Waals surface area contributed by atoms with E-state index in [1.54, 1.807) is 6.92 Å². The van der Waals surface area contributed by atoms with Crippen LogP contribution >= 0.6 is 0 Å². The van der Waals surface area contributed by atoms with E-state index < -0.39 is 29.6 Å². The molecule has 1 unspecified atom stereocenters. The molecule has 0 fully saturated rings. The van der Waals surface area contributed by atoms with Crippen LogP contribution in [0.5, 0.6) is 0 Å². The van der Waals surface area contributed by atoms with E-state index in [1.165, 1.54) is 6.92 Å². The number of nitrogens with zero attached hydrogens (tertiary/aromatic N) is 1. The second kappa shape index (κ2) is 7.77. The fourth-order valence-corrected chi connectivity index (χ4v) is 1.63. The lowest BCUT2D eigenvalue weighted by Gasteiger charge is -2.15. The Balaban J connectivity index is 3.15. The molecule has 0 aliphatic rings. The Kier molecular flexibility index (Phi) is 6.33. The first-order valence-electron chi connectivity index (χ1n) is 6.67. The summed E-state index contributed by atoms with van der Waals surface area (Å²) in [6.45, 7) is 3.30. The molecule has 1 heterocycles. The van der Waals surface area contributed by atoms with Crippen molar-refractivity contribution in [1.29, 1.82) is 0 Å². The molecule has 1 aromatic heterocycles. The van der Waals surface area contributed by atoms with E-state index in [2.05, 4.69) is 4.98 Å². The first-order valence-corrected chi connectivity index (χ1v) is 6.67. The van der Waals surface area contributed by atoms with Crippen LogP contribution < -0.4 is 0 Å². The SMILES string of the molecule is CCCOC(=O)C(C(=O)OCC)c1cc(C(F)(F)F)ccn1. The molecule has 5 nitrogen and oxygen atoms in total. The van der Waals surface area contributed by atoms with Crippen LogP contribution in [-0.2, 0) is 25.2 Å². The monoisotopic (exact) mass is 319 g/mol. The Morgan fingerprint density at radius 3 is 2.41 bits per heavy atom. The van der Waals surface area contributed by atoms with Gasteiger partial charge in [-0.15, -0.1) is 0 Å². The van der Waals surface area contributed by atoms with Crippen molar-refractivity contribution in [3.8, 4) is 0 Å². The molecule has 8 heteroatoms. The van der Waals surface area contributed by atoms with Crippen molar-refractivity contribution < 1.29 is 32.2 Å². The van der Waals surface area contributed by atoms with E-state index >= 15 is 0 Å². The molecular formula is C14H16F3NO4. The van der Waals surface area contributed by atoms with Crippen molar-refractivity contribution in [3.05, 3.63) is 29.6 Å². The summed E-state index contributed by atoms with van der Waals surface area (Å²) < 4.78 is 47.7. The van der Waals surface area contributed by atoms with Gasteiger partial charge in [0.1, 0.15) is 0 Å². The fraction of sp³-hybridized carbons (Fsp3) is 0.500. The molecule has 0 spiro atoms. The van der Waals surface area contributed by atoms with Crippen molar-refractivity contribution in [1.82, 2.24) is 4.98 Å². The predicted octanol–water partition coefficient (Wildman–Crippen LogP) is 2.70. The van der Waals surface area contributed by atoms with Crippen molar-refractivity contribution in [2.24, 2.45) is 0 Å². The molecule has 0 aromatic carbocycles. The number of carbonyl (C=O) groups is 2. The van der Waals surface area contributed by atoms with Gasteiger partial charge in [0.05, 0.1) is 24.5 Å². The molecule has 1 atom stereocenters.